The Bertz CT molecular complexity index is 273. The minimum absolute atomic E-state index is 0.0250. The van der Waals surface area contributed by atoms with Gasteiger partial charge in [0.25, 0.3) is 5.97 Å². The summed E-state index contributed by atoms with van der Waals surface area (Å²) in [6, 6.07) is 0. The molecule has 0 aromatic carbocycles. The predicted molar refractivity (Wildman–Crippen MR) is 65.9 cm³/mol. The van der Waals surface area contributed by atoms with Crippen LogP contribution in [0.3, 0.4) is 0 Å². The van der Waals surface area contributed by atoms with E-state index in [0.29, 0.717) is 18.8 Å². The molecule has 0 aliphatic carbocycles. The third-order valence-electron chi connectivity index (χ3n) is 3.04. The molecule has 2 atom stereocenters. The Hall–Kier alpha value is -0.650. The molecule has 0 bridgehead atoms. The number of hydrogen-bond donors (Lipinski definition) is 0. The standard InChI is InChI=1S/C13H24O5/c1-9(2)6-11-7-12(17-10(3)14)8-13(15-4,16-5)18-11/h9,11-12H,6-8H2,1-5H3/t11-,12+/m1/s1. The normalized spacial score (nSPS) is 27.2. The molecule has 5 nitrogen and oxygen atoms in total. The fraction of sp³-hybridized carbons (Fsp3) is 0.923. The summed E-state index contributed by atoms with van der Waals surface area (Å²) >= 11 is 0. The van der Waals surface area contributed by atoms with Gasteiger partial charge in [0, 0.05) is 27.6 Å². The first kappa shape index (κ1) is 15.4. The second-order valence-corrected chi connectivity index (χ2v) is 5.13. The smallest absolute Gasteiger partial charge is 0.302 e. The zero-order chi connectivity index (χ0) is 13.8. The average molecular weight is 260 g/mol. The summed E-state index contributed by atoms with van der Waals surface area (Å²) in [5, 5.41) is 0. The van der Waals surface area contributed by atoms with Crippen LogP contribution in [0.2, 0.25) is 0 Å². The van der Waals surface area contributed by atoms with Gasteiger partial charge in [0.05, 0.1) is 12.5 Å². The van der Waals surface area contributed by atoms with Crippen LogP contribution in [0.4, 0.5) is 0 Å². The van der Waals surface area contributed by atoms with E-state index < -0.39 is 5.97 Å². The molecule has 0 N–H and O–H groups in total. The van der Waals surface area contributed by atoms with Crippen LogP contribution in [0.1, 0.15) is 40.0 Å². The molecule has 1 fully saturated rings. The lowest BCUT2D eigenvalue weighted by molar-refractivity contribution is -0.402. The van der Waals surface area contributed by atoms with Gasteiger partial charge >= 0.3 is 5.97 Å². The zero-order valence-corrected chi connectivity index (χ0v) is 11.9. The van der Waals surface area contributed by atoms with Crippen LogP contribution in [0, 0.1) is 5.92 Å². The van der Waals surface area contributed by atoms with Gasteiger partial charge in [0.15, 0.2) is 0 Å². The third kappa shape index (κ3) is 4.23. The first-order valence-electron chi connectivity index (χ1n) is 6.36. The van der Waals surface area contributed by atoms with E-state index in [1.54, 1.807) is 0 Å². The van der Waals surface area contributed by atoms with E-state index in [-0.39, 0.29) is 18.2 Å². The molecule has 0 amide bonds. The van der Waals surface area contributed by atoms with Gasteiger partial charge in [-0.2, -0.15) is 0 Å². The van der Waals surface area contributed by atoms with Crippen molar-refractivity contribution in [2.45, 2.75) is 58.2 Å². The molecule has 106 valence electrons. The van der Waals surface area contributed by atoms with E-state index in [0.717, 1.165) is 6.42 Å². The van der Waals surface area contributed by atoms with Crippen molar-refractivity contribution in [1.29, 1.82) is 0 Å². The second-order valence-electron chi connectivity index (χ2n) is 5.13. The maximum Gasteiger partial charge on any atom is 0.302 e. The quantitative estimate of drug-likeness (QED) is 0.559. The van der Waals surface area contributed by atoms with Crippen LogP contribution >= 0.6 is 0 Å². The maximum atomic E-state index is 11.1. The highest BCUT2D eigenvalue weighted by atomic mass is 16.9. The summed E-state index contributed by atoms with van der Waals surface area (Å²) in [6.07, 6.45) is 1.72. The van der Waals surface area contributed by atoms with Crippen molar-refractivity contribution in [1.82, 2.24) is 0 Å². The largest absolute Gasteiger partial charge is 0.462 e. The van der Waals surface area contributed by atoms with E-state index in [9.17, 15) is 4.79 Å². The first-order chi connectivity index (χ1) is 8.40. The number of methoxy groups -OCH3 is 2. The van der Waals surface area contributed by atoms with Crippen LogP contribution in [0.15, 0.2) is 0 Å². The molecule has 1 rings (SSSR count). The molecule has 0 unspecified atom stereocenters. The van der Waals surface area contributed by atoms with Gasteiger partial charge in [-0.25, -0.2) is 0 Å². The molecular weight excluding hydrogens is 236 g/mol. The monoisotopic (exact) mass is 260 g/mol. The topological polar surface area (TPSA) is 54.0 Å². The van der Waals surface area contributed by atoms with Crippen molar-refractivity contribution in [3.05, 3.63) is 0 Å². The number of hydrogen-bond acceptors (Lipinski definition) is 5. The summed E-state index contributed by atoms with van der Waals surface area (Å²) < 4.78 is 21.8. The van der Waals surface area contributed by atoms with Crippen molar-refractivity contribution in [3.63, 3.8) is 0 Å². The predicted octanol–water partition coefficient (Wildman–Crippen LogP) is 2.09. The van der Waals surface area contributed by atoms with Gasteiger partial charge in [0.2, 0.25) is 0 Å². The van der Waals surface area contributed by atoms with Crippen molar-refractivity contribution >= 4 is 5.97 Å². The second kappa shape index (κ2) is 6.50. The fourth-order valence-electron chi connectivity index (χ4n) is 2.35. The molecule has 5 heteroatoms. The summed E-state index contributed by atoms with van der Waals surface area (Å²) in [7, 11) is 3.07. The lowest BCUT2D eigenvalue weighted by atomic mass is 9.96. The number of ether oxygens (including phenoxy) is 4. The highest BCUT2D eigenvalue weighted by Gasteiger charge is 2.44. The lowest BCUT2D eigenvalue weighted by Gasteiger charge is -2.42. The SMILES string of the molecule is COC1(OC)C[C@@H](OC(C)=O)C[C@@H](CC(C)C)O1. The van der Waals surface area contributed by atoms with Crippen LogP contribution in [-0.2, 0) is 23.7 Å². The van der Waals surface area contributed by atoms with Crippen molar-refractivity contribution in [2.75, 3.05) is 14.2 Å². The Kier molecular flexibility index (Phi) is 5.56. The molecular formula is C13H24O5. The minimum atomic E-state index is -1.10. The van der Waals surface area contributed by atoms with Crippen LogP contribution in [0.5, 0.6) is 0 Å². The van der Waals surface area contributed by atoms with Gasteiger partial charge in [-0.3, -0.25) is 4.79 Å². The molecule has 0 aromatic heterocycles. The van der Waals surface area contributed by atoms with E-state index in [2.05, 4.69) is 13.8 Å². The summed E-state index contributed by atoms with van der Waals surface area (Å²) in [5.74, 6) is -0.887. The van der Waals surface area contributed by atoms with Gasteiger partial charge in [-0.1, -0.05) is 13.8 Å². The lowest BCUT2D eigenvalue weighted by Crippen LogP contribution is -2.50. The molecule has 1 aliphatic heterocycles. The Morgan fingerprint density at radius 3 is 2.44 bits per heavy atom. The van der Waals surface area contributed by atoms with Crippen LogP contribution in [-0.4, -0.2) is 38.4 Å². The molecule has 1 heterocycles. The number of carbonyl (C=O) groups is 1. The third-order valence-corrected chi connectivity index (χ3v) is 3.04. The molecule has 18 heavy (non-hydrogen) atoms. The molecule has 0 aromatic rings. The molecule has 0 saturated carbocycles. The van der Waals surface area contributed by atoms with Gasteiger partial charge < -0.3 is 18.9 Å². The van der Waals surface area contributed by atoms with Crippen LogP contribution in [0.25, 0.3) is 0 Å². The number of esters is 1. The van der Waals surface area contributed by atoms with Crippen molar-refractivity contribution in [3.8, 4) is 0 Å². The molecule has 1 saturated heterocycles. The van der Waals surface area contributed by atoms with Crippen molar-refractivity contribution < 1.29 is 23.7 Å². The van der Waals surface area contributed by atoms with Gasteiger partial charge in [-0.05, 0) is 12.3 Å². The van der Waals surface area contributed by atoms with E-state index in [1.165, 1.54) is 21.1 Å². The maximum absolute atomic E-state index is 11.1. The number of carbonyl (C=O) groups excluding carboxylic acids is 1. The molecule has 1 aliphatic rings. The number of rotatable bonds is 5. The van der Waals surface area contributed by atoms with E-state index in [1.807, 2.05) is 0 Å². The Balaban J connectivity index is 2.74. The minimum Gasteiger partial charge on any atom is -0.462 e. The van der Waals surface area contributed by atoms with E-state index >= 15 is 0 Å². The Labute approximate surface area is 109 Å². The summed E-state index contributed by atoms with van der Waals surface area (Å²) in [4.78, 5) is 11.1. The Morgan fingerprint density at radius 1 is 1.39 bits per heavy atom. The highest BCUT2D eigenvalue weighted by molar-refractivity contribution is 5.66. The van der Waals surface area contributed by atoms with Crippen LogP contribution < -0.4 is 0 Å². The molecule has 0 spiro atoms. The Morgan fingerprint density at radius 2 is 2.00 bits per heavy atom. The van der Waals surface area contributed by atoms with Crippen molar-refractivity contribution in [2.24, 2.45) is 5.92 Å². The first-order valence-corrected chi connectivity index (χ1v) is 6.36. The van der Waals surface area contributed by atoms with Gasteiger partial charge in [0.1, 0.15) is 6.10 Å². The zero-order valence-electron chi connectivity index (χ0n) is 11.9. The highest BCUT2D eigenvalue weighted by Crippen LogP contribution is 2.34. The average Bonchev–Trinajstić information content (AvgIpc) is 2.26. The summed E-state index contributed by atoms with van der Waals surface area (Å²) in [6.45, 7) is 5.66. The van der Waals surface area contributed by atoms with E-state index in [4.69, 9.17) is 18.9 Å². The fourth-order valence-corrected chi connectivity index (χ4v) is 2.35. The van der Waals surface area contributed by atoms with Gasteiger partial charge in [-0.15, -0.1) is 0 Å². The summed E-state index contributed by atoms with van der Waals surface area (Å²) in [5.41, 5.74) is 0. The molecule has 0 radical (unpaired) electrons.